The van der Waals surface area contributed by atoms with Gasteiger partial charge in [0.2, 0.25) is 0 Å². The van der Waals surface area contributed by atoms with Gasteiger partial charge in [-0.2, -0.15) is 0 Å². The van der Waals surface area contributed by atoms with E-state index in [-0.39, 0.29) is 24.8 Å². The fourth-order valence-corrected chi connectivity index (χ4v) is 0.809. The lowest BCUT2D eigenvalue weighted by Crippen LogP contribution is -2.30. The number of imide groups is 1. The number of hydrogen-bond donors (Lipinski definition) is 0. The molecule has 2 amide bonds. The highest BCUT2D eigenvalue weighted by atomic mass is 16.2. The number of hydrogen-bond acceptors (Lipinski definition) is 3. The Morgan fingerprint density at radius 2 is 1.82 bits per heavy atom. The van der Waals surface area contributed by atoms with Gasteiger partial charge in [-0.05, 0) is 0 Å². The van der Waals surface area contributed by atoms with Crippen LogP contribution in [0.25, 0.3) is 0 Å². The third-order valence-electron chi connectivity index (χ3n) is 1.34. The molecule has 0 saturated carbocycles. The van der Waals surface area contributed by atoms with Crippen molar-refractivity contribution in [3.05, 3.63) is 12.2 Å². The van der Waals surface area contributed by atoms with E-state index in [2.05, 4.69) is 0 Å². The molecule has 1 heterocycles. The summed E-state index contributed by atoms with van der Waals surface area (Å²) < 4.78 is 0. The minimum absolute atomic E-state index is 0.0825. The van der Waals surface area contributed by atoms with Crippen molar-refractivity contribution in [2.75, 3.05) is 6.54 Å². The molecule has 4 nitrogen and oxygen atoms in total. The van der Waals surface area contributed by atoms with Crippen molar-refractivity contribution >= 4 is 18.1 Å². The third-order valence-corrected chi connectivity index (χ3v) is 1.34. The van der Waals surface area contributed by atoms with Gasteiger partial charge in [0.25, 0.3) is 11.8 Å². The van der Waals surface area contributed by atoms with Gasteiger partial charge >= 0.3 is 0 Å². The van der Waals surface area contributed by atoms with Crippen molar-refractivity contribution in [2.24, 2.45) is 0 Å². The lowest BCUT2D eigenvalue weighted by molar-refractivity contribution is -0.136. The molecular weight excluding hydrogens is 146 g/mol. The Morgan fingerprint density at radius 3 is 2.27 bits per heavy atom. The van der Waals surface area contributed by atoms with Crippen LogP contribution < -0.4 is 0 Å². The van der Waals surface area contributed by atoms with Crippen molar-refractivity contribution < 1.29 is 14.4 Å². The first-order valence-corrected chi connectivity index (χ1v) is 3.14. The Balaban J connectivity index is 2.52. The van der Waals surface area contributed by atoms with Crippen LogP contribution in [-0.4, -0.2) is 29.5 Å². The van der Waals surface area contributed by atoms with E-state index >= 15 is 0 Å². The zero-order chi connectivity index (χ0) is 8.27. The van der Waals surface area contributed by atoms with Gasteiger partial charge in [-0.15, -0.1) is 0 Å². The van der Waals surface area contributed by atoms with Crippen LogP contribution in [0.15, 0.2) is 12.2 Å². The summed E-state index contributed by atoms with van der Waals surface area (Å²) >= 11 is 0. The molecule has 0 saturated heterocycles. The van der Waals surface area contributed by atoms with Crippen molar-refractivity contribution in [1.82, 2.24) is 4.90 Å². The van der Waals surface area contributed by atoms with Gasteiger partial charge < -0.3 is 0 Å². The quantitative estimate of drug-likeness (QED) is 0.508. The van der Waals surface area contributed by atoms with Gasteiger partial charge in [0, 0.05) is 25.1 Å². The summed E-state index contributed by atoms with van der Waals surface area (Å²) in [5, 5.41) is 0. The molecule has 11 heavy (non-hydrogen) atoms. The molecule has 0 unspecified atom stereocenters. The largest absolute Gasteiger partial charge is 0.291 e. The molecule has 1 radical (unpaired) electrons. The molecule has 4 heteroatoms. The molecule has 57 valence electrons. The molecule has 1 aliphatic heterocycles. The van der Waals surface area contributed by atoms with Crippen molar-refractivity contribution in [2.45, 2.75) is 6.42 Å². The average molecular weight is 152 g/mol. The van der Waals surface area contributed by atoms with Gasteiger partial charge in [0.05, 0.1) is 0 Å². The number of rotatable bonds is 3. The maximum atomic E-state index is 10.8. The first-order chi connectivity index (χ1) is 5.25. The van der Waals surface area contributed by atoms with E-state index in [9.17, 15) is 14.4 Å². The molecule has 0 aromatic carbocycles. The minimum Gasteiger partial charge on any atom is -0.291 e. The van der Waals surface area contributed by atoms with Crippen molar-refractivity contribution in [1.29, 1.82) is 0 Å². The topological polar surface area (TPSA) is 54.5 Å². The van der Waals surface area contributed by atoms with E-state index in [0.717, 1.165) is 4.90 Å². The third kappa shape index (κ3) is 1.52. The molecule has 0 fully saturated rings. The van der Waals surface area contributed by atoms with Crippen LogP contribution >= 0.6 is 0 Å². The second-order valence-corrected chi connectivity index (χ2v) is 2.06. The highest BCUT2D eigenvalue weighted by molar-refractivity contribution is 6.12. The van der Waals surface area contributed by atoms with Gasteiger partial charge in [-0.25, -0.2) is 0 Å². The summed E-state index contributed by atoms with van der Waals surface area (Å²) in [7, 11) is 0. The van der Waals surface area contributed by atoms with E-state index in [1.165, 1.54) is 12.2 Å². The van der Waals surface area contributed by atoms with Crippen LogP contribution in [-0.2, 0) is 14.4 Å². The lowest BCUT2D eigenvalue weighted by Gasteiger charge is -2.09. The highest BCUT2D eigenvalue weighted by Gasteiger charge is 2.21. The number of nitrogens with zero attached hydrogens (tertiary/aromatic N) is 1. The Labute approximate surface area is 63.5 Å². The fraction of sp³-hybridized carbons (Fsp3) is 0.286. The summed E-state index contributed by atoms with van der Waals surface area (Å²) in [6.07, 6.45) is 4.07. The molecular formula is C7H6NO3. The average Bonchev–Trinajstić information content (AvgIpc) is 2.29. The lowest BCUT2D eigenvalue weighted by atomic mass is 10.4. The predicted octanol–water partition coefficient (Wildman–Crippen LogP) is -0.589. The maximum Gasteiger partial charge on any atom is 0.253 e. The SMILES string of the molecule is O=[C]CCN1C(=O)C=CC1=O. The minimum atomic E-state index is -0.356. The van der Waals surface area contributed by atoms with E-state index in [1.807, 2.05) is 0 Å². The monoisotopic (exact) mass is 152 g/mol. The van der Waals surface area contributed by atoms with Crippen molar-refractivity contribution in [3.63, 3.8) is 0 Å². The predicted molar refractivity (Wildman–Crippen MR) is 36.2 cm³/mol. The van der Waals surface area contributed by atoms with Gasteiger partial charge in [-0.1, -0.05) is 0 Å². The summed E-state index contributed by atoms with van der Waals surface area (Å²) in [5.41, 5.74) is 0. The van der Waals surface area contributed by atoms with Crippen molar-refractivity contribution in [3.8, 4) is 0 Å². The van der Waals surface area contributed by atoms with E-state index < -0.39 is 0 Å². The van der Waals surface area contributed by atoms with Crippen LogP contribution in [0.3, 0.4) is 0 Å². The molecule has 0 N–H and O–H groups in total. The number of carbonyl (C=O) groups is 2. The summed E-state index contributed by atoms with van der Waals surface area (Å²) in [6.45, 7) is 0.133. The first kappa shape index (κ1) is 7.65. The Morgan fingerprint density at radius 1 is 1.27 bits per heavy atom. The number of amides is 2. The summed E-state index contributed by atoms with van der Waals surface area (Å²) in [6, 6.07) is 0. The normalized spacial score (nSPS) is 16.2. The van der Waals surface area contributed by atoms with Gasteiger partial charge in [0.1, 0.15) is 0 Å². The van der Waals surface area contributed by atoms with E-state index in [4.69, 9.17) is 0 Å². The standard InChI is InChI=1S/C7H6NO3/c9-5-1-4-8-6(10)2-3-7(8)11/h2-3H,1,4H2. The number of carbonyl (C=O) groups excluding carboxylic acids is 3. The molecule has 0 spiro atoms. The second-order valence-electron chi connectivity index (χ2n) is 2.06. The fourth-order valence-electron chi connectivity index (χ4n) is 0.809. The van der Waals surface area contributed by atoms with Gasteiger partial charge in [-0.3, -0.25) is 19.3 Å². The zero-order valence-electron chi connectivity index (χ0n) is 5.74. The molecule has 0 aromatic rings. The molecule has 0 bridgehead atoms. The smallest absolute Gasteiger partial charge is 0.253 e. The Kier molecular flexibility index (Phi) is 2.15. The first-order valence-electron chi connectivity index (χ1n) is 3.14. The molecule has 0 aromatic heterocycles. The summed E-state index contributed by atoms with van der Waals surface area (Å²) in [4.78, 5) is 32.3. The van der Waals surface area contributed by atoms with Crippen LogP contribution in [0.4, 0.5) is 0 Å². The zero-order valence-corrected chi connectivity index (χ0v) is 5.74. The molecule has 0 atom stereocenters. The Hall–Kier alpha value is -1.45. The molecule has 1 aliphatic rings. The van der Waals surface area contributed by atoms with Crippen LogP contribution in [0, 0.1) is 0 Å². The molecule has 0 aliphatic carbocycles. The van der Waals surface area contributed by atoms with Crippen LogP contribution in [0.2, 0.25) is 0 Å². The molecule has 1 rings (SSSR count). The van der Waals surface area contributed by atoms with Gasteiger partial charge in [0.15, 0.2) is 6.29 Å². The van der Waals surface area contributed by atoms with E-state index in [1.54, 1.807) is 6.29 Å². The summed E-state index contributed by atoms with van der Waals surface area (Å²) in [5.74, 6) is -0.712. The Bertz CT molecular complexity index is 214. The maximum absolute atomic E-state index is 10.8. The van der Waals surface area contributed by atoms with Crippen LogP contribution in [0.1, 0.15) is 6.42 Å². The van der Waals surface area contributed by atoms with Crippen LogP contribution in [0.5, 0.6) is 0 Å². The highest BCUT2D eigenvalue weighted by Crippen LogP contribution is 2.02. The van der Waals surface area contributed by atoms with E-state index in [0.29, 0.717) is 0 Å². The second kappa shape index (κ2) is 3.09.